The maximum absolute atomic E-state index is 13.3. The zero-order valence-electron chi connectivity index (χ0n) is 17.9. The van der Waals surface area contributed by atoms with Gasteiger partial charge in [-0.1, -0.05) is 23.7 Å². The minimum absolute atomic E-state index is 0.00643. The van der Waals surface area contributed by atoms with E-state index in [2.05, 4.69) is 10.1 Å². The zero-order chi connectivity index (χ0) is 24.5. The number of alkyl halides is 3. The van der Waals surface area contributed by atoms with E-state index in [1.807, 2.05) is 0 Å². The van der Waals surface area contributed by atoms with E-state index in [0.717, 1.165) is 22.7 Å². The van der Waals surface area contributed by atoms with Crippen LogP contribution in [0.15, 0.2) is 60.3 Å². The highest BCUT2D eigenvalue weighted by Crippen LogP contribution is 2.30. The number of aryl methyl sites for hydroxylation is 1. The topological polar surface area (TPSA) is 86.3 Å². The molecule has 2 aromatic heterocycles. The average Bonchev–Trinajstić information content (AvgIpc) is 3.20. The summed E-state index contributed by atoms with van der Waals surface area (Å²) in [6.07, 6.45) is -1.36. The summed E-state index contributed by atoms with van der Waals surface area (Å²) in [5.74, 6) is -0.160. The van der Waals surface area contributed by atoms with Gasteiger partial charge in [0.05, 0.1) is 41.3 Å². The molecule has 4 rings (SSSR count). The normalized spacial score (nSPS) is 12.1. The van der Waals surface area contributed by atoms with Gasteiger partial charge in [0, 0.05) is 23.5 Å². The molecule has 11 heteroatoms. The molecule has 7 nitrogen and oxygen atoms in total. The van der Waals surface area contributed by atoms with Gasteiger partial charge in [-0.05, 0) is 42.0 Å². The number of aromatic nitrogens is 3. The van der Waals surface area contributed by atoms with Crippen LogP contribution in [-0.2, 0) is 24.6 Å². The molecule has 0 fully saturated rings. The smallest absolute Gasteiger partial charge is 0.383 e. The molecule has 0 radical (unpaired) electrons. The third-order valence-electron chi connectivity index (χ3n) is 5.20. The number of carbonyl (C=O) groups excluding carboxylic acids is 1. The number of amides is 1. The van der Waals surface area contributed by atoms with Crippen LogP contribution in [0.3, 0.4) is 0 Å². The SMILES string of the molecule is Cn1ncc2c(N)nc3ccc(C(=O)N(Cc4ccc(C(F)(F)F)cc4)OCC=CCl)cc3c21. The average molecular weight is 490 g/mol. The van der Waals surface area contributed by atoms with Crippen molar-refractivity contribution in [1.82, 2.24) is 19.8 Å². The molecule has 0 aliphatic heterocycles. The Morgan fingerprint density at radius 1 is 1.21 bits per heavy atom. The largest absolute Gasteiger partial charge is 0.416 e. The van der Waals surface area contributed by atoms with Gasteiger partial charge in [-0.3, -0.25) is 14.3 Å². The Bertz CT molecular complexity index is 1380. The van der Waals surface area contributed by atoms with Crippen LogP contribution in [-0.4, -0.2) is 32.3 Å². The lowest BCUT2D eigenvalue weighted by atomic mass is 10.1. The number of nitrogens with zero attached hydrogens (tertiary/aromatic N) is 4. The summed E-state index contributed by atoms with van der Waals surface area (Å²) in [5.41, 5.74) is 8.55. The minimum Gasteiger partial charge on any atom is -0.383 e. The molecule has 2 heterocycles. The number of carbonyl (C=O) groups is 1. The molecule has 176 valence electrons. The van der Waals surface area contributed by atoms with E-state index in [1.165, 1.54) is 23.7 Å². The molecular weight excluding hydrogens is 471 g/mol. The monoisotopic (exact) mass is 489 g/mol. The standard InChI is InChI=1S/C23H19ClF3N5O2/c1-31-20-17-11-15(5-8-19(17)30-21(28)18(20)12-29-31)22(33)32(34-10-2-9-24)13-14-3-6-16(7-4-14)23(25,26)27/h2-9,11-12H,10,13H2,1H3,(H2,28,30). The van der Waals surface area contributed by atoms with E-state index in [9.17, 15) is 18.0 Å². The number of hydrogen-bond acceptors (Lipinski definition) is 5. The molecule has 0 aliphatic rings. The molecular formula is C23H19ClF3N5O2. The Labute approximate surface area is 197 Å². The number of fused-ring (bicyclic) bond motifs is 3. The van der Waals surface area contributed by atoms with Gasteiger partial charge in [0.25, 0.3) is 5.91 Å². The van der Waals surface area contributed by atoms with Crippen molar-refractivity contribution in [2.24, 2.45) is 7.05 Å². The maximum Gasteiger partial charge on any atom is 0.416 e. The molecule has 0 spiro atoms. The predicted molar refractivity (Wildman–Crippen MR) is 123 cm³/mol. The first-order valence-electron chi connectivity index (χ1n) is 10.1. The van der Waals surface area contributed by atoms with Gasteiger partial charge in [-0.2, -0.15) is 18.3 Å². The number of hydroxylamine groups is 2. The molecule has 0 bridgehead atoms. The van der Waals surface area contributed by atoms with Crippen molar-refractivity contribution in [2.45, 2.75) is 12.7 Å². The van der Waals surface area contributed by atoms with Crippen LogP contribution < -0.4 is 5.73 Å². The van der Waals surface area contributed by atoms with Crippen molar-refractivity contribution in [3.63, 3.8) is 0 Å². The molecule has 0 unspecified atom stereocenters. The third kappa shape index (κ3) is 4.68. The number of pyridine rings is 1. The minimum atomic E-state index is -4.45. The summed E-state index contributed by atoms with van der Waals surface area (Å²) >= 11 is 5.54. The molecule has 34 heavy (non-hydrogen) atoms. The lowest BCUT2D eigenvalue weighted by molar-refractivity contribution is -0.137. The van der Waals surface area contributed by atoms with E-state index in [-0.39, 0.29) is 13.2 Å². The summed E-state index contributed by atoms with van der Waals surface area (Å²) < 4.78 is 40.3. The summed E-state index contributed by atoms with van der Waals surface area (Å²) in [6.45, 7) is -0.0836. The van der Waals surface area contributed by atoms with Gasteiger partial charge in [0.1, 0.15) is 5.82 Å². The first-order chi connectivity index (χ1) is 16.2. The fourth-order valence-corrected chi connectivity index (χ4v) is 3.62. The number of anilines is 1. The van der Waals surface area contributed by atoms with E-state index in [0.29, 0.717) is 33.2 Å². The van der Waals surface area contributed by atoms with Crippen LogP contribution in [0.25, 0.3) is 21.8 Å². The number of nitrogens with two attached hydrogens (primary N) is 1. The molecule has 0 aliphatic carbocycles. The van der Waals surface area contributed by atoms with Crippen LogP contribution in [0.4, 0.5) is 19.0 Å². The highest BCUT2D eigenvalue weighted by atomic mass is 35.5. The molecule has 0 saturated heterocycles. The van der Waals surface area contributed by atoms with Crippen molar-refractivity contribution in [1.29, 1.82) is 0 Å². The highest BCUT2D eigenvalue weighted by Gasteiger charge is 2.30. The highest BCUT2D eigenvalue weighted by molar-refractivity contribution is 6.25. The molecule has 0 saturated carbocycles. The molecule has 1 amide bonds. The Morgan fingerprint density at radius 3 is 2.62 bits per heavy atom. The van der Waals surface area contributed by atoms with E-state index in [1.54, 1.807) is 36.1 Å². The molecule has 0 atom stereocenters. The second kappa shape index (κ2) is 9.32. The van der Waals surface area contributed by atoms with Crippen LogP contribution in [0.1, 0.15) is 21.5 Å². The molecule has 2 aromatic carbocycles. The summed E-state index contributed by atoms with van der Waals surface area (Å²) in [5, 5.41) is 6.63. The Kier molecular flexibility index (Phi) is 6.45. The maximum atomic E-state index is 13.3. The van der Waals surface area contributed by atoms with Crippen LogP contribution in [0.5, 0.6) is 0 Å². The summed E-state index contributed by atoms with van der Waals surface area (Å²) in [4.78, 5) is 23.3. The van der Waals surface area contributed by atoms with E-state index < -0.39 is 17.6 Å². The Balaban J connectivity index is 1.69. The fourth-order valence-electron chi connectivity index (χ4n) is 3.55. The molecule has 2 N–H and O–H groups in total. The van der Waals surface area contributed by atoms with Crippen molar-refractivity contribution in [3.05, 3.63) is 77.0 Å². The fraction of sp³-hybridized carbons (Fsp3) is 0.174. The van der Waals surface area contributed by atoms with E-state index >= 15 is 0 Å². The van der Waals surface area contributed by atoms with Gasteiger partial charge < -0.3 is 5.73 Å². The summed E-state index contributed by atoms with van der Waals surface area (Å²) in [7, 11) is 1.76. The first kappa shape index (κ1) is 23.5. The van der Waals surface area contributed by atoms with Gasteiger partial charge >= 0.3 is 6.18 Å². The zero-order valence-corrected chi connectivity index (χ0v) is 18.6. The Hall–Kier alpha value is -3.63. The number of hydrogen-bond donors (Lipinski definition) is 1. The first-order valence-corrected chi connectivity index (χ1v) is 10.5. The lowest BCUT2D eigenvalue weighted by Gasteiger charge is -2.22. The number of nitrogen functional groups attached to an aromatic ring is 1. The second-order valence-corrected chi connectivity index (χ2v) is 7.71. The van der Waals surface area contributed by atoms with Crippen molar-refractivity contribution in [2.75, 3.05) is 12.3 Å². The number of benzene rings is 2. The van der Waals surface area contributed by atoms with Crippen molar-refractivity contribution >= 4 is 45.1 Å². The van der Waals surface area contributed by atoms with Crippen molar-refractivity contribution < 1.29 is 22.8 Å². The summed E-state index contributed by atoms with van der Waals surface area (Å²) in [6, 6.07) is 9.44. The Morgan fingerprint density at radius 2 is 1.94 bits per heavy atom. The van der Waals surface area contributed by atoms with Gasteiger partial charge in [0.15, 0.2) is 0 Å². The predicted octanol–water partition coefficient (Wildman–Crippen LogP) is 5.05. The van der Waals surface area contributed by atoms with E-state index in [4.69, 9.17) is 22.2 Å². The third-order valence-corrected chi connectivity index (χ3v) is 5.38. The quantitative estimate of drug-likeness (QED) is 0.383. The van der Waals surface area contributed by atoms with Crippen LogP contribution in [0, 0.1) is 0 Å². The van der Waals surface area contributed by atoms with Gasteiger partial charge in [-0.15, -0.1) is 0 Å². The van der Waals surface area contributed by atoms with Crippen LogP contribution in [0.2, 0.25) is 0 Å². The lowest BCUT2D eigenvalue weighted by Crippen LogP contribution is -2.31. The van der Waals surface area contributed by atoms with Crippen LogP contribution >= 0.6 is 11.6 Å². The second-order valence-electron chi connectivity index (χ2n) is 7.45. The van der Waals surface area contributed by atoms with Gasteiger partial charge in [0.2, 0.25) is 0 Å². The number of rotatable bonds is 6. The van der Waals surface area contributed by atoms with Gasteiger partial charge in [-0.25, -0.2) is 10.0 Å². The number of halogens is 4. The molecule has 4 aromatic rings. The van der Waals surface area contributed by atoms with Crippen molar-refractivity contribution in [3.8, 4) is 0 Å².